The van der Waals surface area contributed by atoms with Crippen molar-refractivity contribution in [2.45, 2.75) is 39.0 Å². The van der Waals surface area contributed by atoms with Gasteiger partial charge in [0.15, 0.2) is 0 Å². The third kappa shape index (κ3) is 5.41. The van der Waals surface area contributed by atoms with Crippen molar-refractivity contribution in [2.24, 2.45) is 0 Å². The molecule has 2 rings (SSSR count). The van der Waals surface area contributed by atoms with Gasteiger partial charge >= 0.3 is 0 Å². The van der Waals surface area contributed by atoms with Crippen molar-refractivity contribution in [3.8, 4) is 5.75 Å². The quantitative estimate of drug-likeness (QED) is 0.780. The summed E-state index contributed by atoms with van der Waals surface area (Å²) >= 11 is 0. The Hall–Kier alpha value is -2.30. The molecule has 130 valence electrons. The number of hydrogen-bond acceptors (Lipinski definition) is 3. The van der Waals surface area contributed by atoms with Crippen LogP contribution in [-0.2, 0) is 9.59 Å². The van der Waals surface area contributed by atoms with Crippen LogP contribution >= 0.6 is 0 Å². The number of para-hydroxylation sites is 2. The Bertz CT molecular complexity index is 610. The van der Waals surface area contributed by atoms with Crippen molar-refractivity contribution in [3.63, 3.8) is 0 Å². The predicted octanol–water partition coefficient (Wildman–Crippen LogP) is 3.37. The number of amides is 2. The first-order valence-electron chi connectivity index (χ1n) is 8.46. The lowest BCUT2D eigenvalue weighted by molar-refractivity contribution is -0.132. The minimum absolute atomic E-state index is 0.0562. The van der Waals surface area contributed by atoms with E-state index in [1.807, 2.05) is 12.1 Å². The lowest BCUT2D eigenvalue weighted by Crippen LogP contribution is -2.37. The van der Waals surface area contributed by atoms with Crippen LogP contribution in [-0.4, -0.2) is 36.9 Å². The van der Waals surface area contributed by atoms with Gasteiger partial charge in [-0.25, -0.2) is 0 Å². The molecule has 0 spiro atoms. The third-order valence-electron chi connectivity index (χ3n) is 4.25. The van der Waals surface area contributed by atoms with E-state index >= 15 is 0 Å². The Kier molecular flexibility index (Phi) is 6.85. The number of ether oxygens (including phenoxy) is 1. The summed E-state index contributed by atoms with van der Waals surface area (Å²) in [6.07, 6.45) is 7.84. The van der Waals surface area contributed by atoms with E-state index in [1.165, 1.54) is 25.3 Å². The third-order valence-corrected chi connectivity index (χ3v) is 4.25. The van der Waals surface area contributed by atoms with Crippen LogP contribution in [0, 0.1) is 0 Å². The molecule has 0 atom stereocenters. The highest BCUT2D eigenvalue weighted by Crippen LogP contribution is 2.23. The molecule has 1 aromatic carbocycles. The molecule has 24 heavy (non-hydrogen) atoms. The van der Waals surface area contributed by atoms with Crippen molar-refractivity contribution in [1.29, 1.82) is 0 Å². The average molecular weight is 330 g/mol. The highest BCUT2D eigenvalue weighted by molar-refractivity contribution is 5.95. The number of methoxy groups -OCH3 is 1. The number of carbonyl (C=O) groups excluding carboxylic acids is 2. The molecule has 0 fully saturated rings. The average Bonchev–Trinajstić information content (AvgIpc) is 2.59. The second-order valence-corrected chi connectivity index (χ2v) is 6.05. The predicted molar refractivity (Wildman–Crippen MR) is 95.0 cm³/mol. The molecule has 0 aliphatic heterocycles. The van der Waals surface area contributed by atoms with Crippen LogP contribution < -0.4 is 10.1 Å². The number of nitrogens with one attached hydrogen (secondary N) is 1. The lowest BCUT2D eigenvalue weighted by atomic mass is 9.97. The van der Waals surface area contributed by atoms with Crippen molar-refractivity contribution >= 4 is 17.5 Å². The van der Waals surface area contributed by atoms with Crippen LogP contribution in [0.5, 0.6) is 5.75 Å². The topological polar surface area (TPSA) is 58.6 Å². The normalized spacial score (nSPS) is 13.8. The molecule has 1 N–H and O–H groups in total. The summed E-state index contributed by atoms with van der Waals surface area (Å²) in [6.45, 7) is 2.15. The van der Waals surface area contributed by atoms with E-state index in [0.29, 0.717) is 18.0 Å². The number of benzene rings is 1. The minimum Gasteiger partial charge on any atom is -0.495 e. The van der Waals surface area contributed by atoms with Crippen molar-refractivity contribution in [1.82, 2.24) is 4.90 Å². The Morgan fingerprint density at radius 3 is 2.71 bits per heavy atom. The van der Waals surface area contributed by atoms with Gasteiger partial charge in [-0.2, -0.15) is 0 Å². The summed E-state index contributed by atoms with van der Waals surface area (Å²) in [5.41, 5.74) is 2.01. The molecule has 0 saturated carbocycles. The maximum atomic E-state index is 12.3. The van der Waals surface area contributed by atoms with Gasteiger partial charge in [-0.15, -0.1) is 0 Å². The lowest BCUT2D eigenvalue weighted by Gasteiger charge is -2.22. The van der Waals surface area contributed by atoms with E-state index in [1.54, 1.807) is 24.1 Å². The van der Waals surface area contributed by atoms with Gasteiger partial charge < -0.3 is 15.0 Å². The summed E-state index contributed by atoms with van der Waals surface area (Å²) in [4.78, 5) is 25.7. The molecule has 0 heterocycles. The summed E-state index contributed by atoms with van der Waals surface area (Å²) < 4.78 is 5.22. The van der Waals surface area contributed by atoms with Crippen molar-refractivity contribution in [3.05, 3.63) is 35.9 Å². The zero-order valence-electron chi connectivity index (χ0n) is 14.5. The van der Waals surface area contributed by atoms with Gasteiger partial charge in [-0.05, 0) is 44.2 Å². The molecule has 1 aliphatic carbocycles. The zero-order valence-corrected chi connectivity index (χ0v) is 14.5. The SMILES string of the molecule is COc1ccccc1NC(=O)CN(CCC1=CCCCC1)C(C)=O. The van der Waals surface area contributed by atoms with Crippen LogP contribution in [0.4, 0.5) is 5.69 Å². The van der Waals surface area contributed by atoms with E-state index in [9.17, 15) is 9.59 Å². The summed E-state index contributed by atoms with van der Waals surface area (Å²) in [5.74, 6) is 0.307. The number of carbonyl (C=O) groups is 2. The van der Waals surface area contributed by atoms with E-state index in [0.717, 1.165) is 19.3 Å². The number of hydrogen-bond donors (Lipinski definition) is 1. The molecule has 5 heteroatoms. The molecule has 0 radical (unpaired) electrons. The fourth-order valence-electron chi connectivity index (χ4n) is 2.87. The first-order valence-corrected chi connectivity index (χ1v) is 8.46. The zero-order chi connectivity index (χ0) is 17.4. The highest BCUT2D eigenvalue weighted by atomic mass is 16.5. The first-order chi connectivity index (χ1) is 11.6. The standard InChI is InChI=1S/C19H26N2O3/c1-15(22)21(13-12-16-8-4-3-5-9-16)14-19(23)20-17-10-6-7-11-18(17)24-2/h6-8,10-11H,3-5,9,12-14H2,1-2H3,(H,20,23). The van der Waals surface area contributed by atoms with Crippen molar-refractivity contribution in [2.75, 3.05) is 25.5 Å². The maximum Gasteiger partial charge on any atom is 0.244 e. The van der Waals surface area contributed by atoms with Crippen LogP contribution in [0.2, 0.25) is 0 Å². The minimum atomic E-state index is -0.215. The van der Waals surface area contributed by atoms with Crippen LogP contribution in [0.25, 0.3) is 0 Å². The monoisotopic (exact) mass is 330 g/mol. The molecular formula is C19H26N2O3. The van der Waals surface area contributed by atoms with Gasteiger partial charge in [0, 0.05) is 13.5 Å². The van der Waals surface area contributed by atoms with Crippen LogP contribution in [0.15, 0.2) is 35.9 Å². The largest absolute Gasteiger partial charge is 0.495 e. The fraction of sp³-hybridized carbons (Fsp3) is 0.474. The van der Waals surface area contributed by atoms with Crippen LogP contribution in [0.3, 0.4) is 0 Å². The summed E-state index contributed by atoms with van der Waals surface area (Å²) in [5, 5.41) is 2.81. The summed E-state index contributed by atoms with van der Waals surface area (Å²) in [6, 6.07) is 7.24. The van der Waals surface area contributed by atoms with E-state index in [2.05, 4.69) is 11.4 Å². The molecule has 0 saturated heterocycles. The Balaban J connectivity index is 1.90. The Morgan fingerprint density at radius 2 is 2.04 bits per heavy atom. The van der Waals surface area contributed by atoms with Gasteiger partial charge in [0.05, 0.1) is 19.3 Å². The first kappa shape index (κ1) is 18.0. The molecule has 1 aliphatic rings. The van der Waals surface area contributed by atoms with E-state index in [4.69, 9.17) is 4.74 Å². The second-order valence-electron chi connectivity index (χ2n) is 6.05. The molecular weight excluding hydrogens is 304 g/mol. The molecule has 2 amide bonds. The molecule has 0 unspecified atom stereocenters. The second kappa shape index (κ2) is 9.11. The molecule has 0 aromatic heterocycles. The fourth-order valence-corrected chi connectivity index (χ4v) is 2.87. The number of allylic oxidation sites excluding steroid dienone is 1. The molecule has 5 nitrogen and oxygen atoms in total. The highest BCUT2D eigenvalue weighted by Gasteiger charge is 2.16. The maximum absolute atomic E-state index is 12.3. The number of rotatable bonds is 7. The molecule has 0 bridgehead atoms. The summed E-state index contributed by atoms with van der Waals surface area (Å²) in [7, 11) is 1.56. The van der Waals surface area contributed by atoms with Crippen LogP contribution in [0.1, 0.15) is 39.0 Å². The smallest absolute Gasteiger partial charge is 0.244 e. The van der Waals surface area contributed by atoms with Gasteiger partial charge in [0.25, 0.3) is 0 Å². The van der Waals surface area contributed by atoms with E-state index < -0.39 is 0 Å². The van der Waals surface area contributed by atoms with Gasteiger partial charge in [0.2, 0.25) is 11.8 Å². The van der Waals surface area contributed by atoms with Gasteiger partial charge in [-0.1, -0.05) is 23.8 Å². The van der Waals surface area contributed by atoms with Gasteiger partial charge in [-0.3, -0.25) is 9.59 Å². The van der Waals surface area contributed by atoms with Crippen molar-refractivity contribution < 1.29 is 14.3 Å². The number of nitrogens with zero attached hydrogens (tertiary/aromatic N) is 1. The number of anilines is 1. The Labute approximate surface area is 143 Å². The van der Waals surface area contributed by atoms with Gasteiger partial charge in [0.1, 0.15) is 5.75 Å². The van der Waals surface area contributed by atoms with E-state index in [-0.39, 0.29) is 18.4 Å². The Morgan fingerprint density at radius 1 is 1.25 bits per heavy atom. The molecule has 1 aromatic rings.